The predicted octanol–water partition coefficient (Wildman–Crippen LogP) is 3.71. The molecule has 0 amide bonds. The Balaban J connectivity index is 1.46. The van der Waals surface area contributed by atoms with E-state index in [1.54, 1.807) is 12.1 Å². The molecular formula is C17H13N3O5S. The second-order valence-electron chi connectivity index (χ2n) is 5.45. The lowest BCUT2D eigenvalue weighted by molar-refractivity contribution is -0.384. The van der Waals surface area contributed by atoms with Gasteiger partial charge in [-0.15, -0.1) is 10.2 Å². The third-order valence-electron chi connectivity index (χ3n) is 3.68. The van der Waals surface area contributed by atoms with E-state index >= 15 is 0 Å². The largest absolute Gasteiger partial charge is 0.486 e. The molecule has 0 bridgehead atoms. The summed E-state index contributed by atoms with van der Waals surface area (Å²) in [4.78, 5) is 10.4. The maximum absolute atomic E-state index is 10.8. The van der Waals surface area contributed by atoms with Crippen LogP contribution in [0.5, 0.6) is 11.5 Å². The minimum atomic E-state index is -0.416. The van der Waals surface area contributed by atoms with Gasteiger partial charge in [-0.1, -0.05) is 23.9 Å². The lowest BCUT2D eigenvalue weighted by Gasteiger charge is -2.18. The van der Waals surface area contributed by atoms with Crippen molar-refractivity contribution in [1.29, 1.82) is 0 Å². The van der Waals surface area contributed by atoms with Gasteiger partial charge in [0.25, 0.3) is 10.9 Å². The van der Waals surface area contributed by atoms with Crippen LogP contribution in [0.25, 0.3) is 11.5 Å². The lowest BCUT2D eigenvalue weighted by atomic mass is 10.2. The molecule has 9 heteroatoms. The molecule has 2 aromatic carbocycles. The monoisotopic (exact) mass is 371 g/mol. The van der Waals surface area contributed by atoms with Crippen molar-refractivity contribution < 1.29 is 18.8 Å². The van der Waals surface area contributed by atoms with Crippen LogP contribution >= 0.6 is 11.8 Å². The van der Waals surface area contributed by atoms with Crippen LogP contribution in [0.15, 0.2) is 52.1 Å². The number of hydrogen-bond acceptors (Lipinski definition) is 8. The molecule has 2 heterocycles. The number of rotatable bonds is 5. The second-order valence-corrected chi connectivity index (χ2v) is 6.37. The molecule has 26 heavy (non-hydrogen) atoms. The standard InChI is InChI=1S/C17H13N3O5S/c21-20(22)13-3-1-2-11(8-13)10-26-17-19-18-16(25-17)12-4-5-14-15(9-12)24-7-6-23-14/h1-5,8-9H,6-7,10H2. The highest BCUT2D eigenvalue weighted by molar-refractivity contribution is 7.98. The van der Waals surface area contributed by atoms with E-state index in [1.807, 2.05) is 18.2 Å². The maximum atomic E-state index is 10.8. The number of aromatic nitrogens is 2. The fraction of sp³-hybridized carbons (Fsp3) is 0.176. The Kier molecular flexibility index (Phi) is 4.44. The molecule has 0 fully saturated rings. The minimum Gasteiger partial charge on any atom is -0.486 e. The van der Waals surface area contributed by atoms with Gasteiger partial charge in [-0.3, -0.25) is 10.1 Å². The summed E-state index contributed by atoms with van der Waals surface area (Å²) in [6.45, 7) is 1.04. The number of hydrogen-bond donors (Lipinski definition) is 0. The van der Waals surface area contributed by atoms with Crippen LogP contribution in [-0.2, 0) is 5.75 Å². The smallest absolute Gasteiger partial charge is 0.277 e. The second kappa shape index (κ2) is 7.04. The van der Waals surface area contributed by atoms with Crippen molar-refractivity contribution in [2.24, 2.45) is 0 Å². The predicted molar refractivity (Wildman–Crippen MR) is 93.4 cm³/mol. The molecular weight excluding hydrogens is 358 g/mol. The van der Waals surface area contributed by atoms with Gasteiger partial charge in [-0.05, 0) is 23.8 Å². The number of fused-ring (bicyclic) bond motifs is 1. The van der Waals surface area contributed by atoms with Crippen molar-refractivity contribution in [3.8, 4) is 23.0 Å². The number of nitro benzene ring substituents is 1. The highest BCUT2D eigenvalue weighted by atomic mass is 32.2. The van der Waals surface area contributed by atoms with Crippen LogP contribution in [0.4, 0.5) is 5.69 Å². The summed E-state index contributed by atoms with van der Waals surface area (Å²) in [6.07, 6.45) is 0. The van der Waals surface area contributed by atoms with Gasteiger partial charge < -0.3 is 13.9 Å². The number of nitro groups is 1. The van der Waals surface area contributed by atoms with Gasteiger partial charge in [-0.2, -0.15) is 0 Å². The fourth-order valence-electron chi connectivity index (χ4n) is 2.47. The van der Waals surface area contributed by atoms with Crippen molar-refractivity contribution in [3.05, 3.63) is 58.1 Å². The molecule has 0 saturated heterocycles. The topological polar surface area (TPSA) is 101 Å². The van der Waals surface area contributed by atoms with Gasteiger partial charge in [0, 0.05) is 23.4 Å². The van der Waals surface area contributed by atoms with E-state index in [9.17, 15) is 10.1 Å². The zero-order valence-electron chi connectivity index (χ0n) is 13.5. The molecule has 0 unspecified atom stereocenters. The Morgan fingerprint density at radius 1 is 1.08 bits per heavy atom. The molecule has 0 saturated carbocycles. The van der Waals surface area contributed by atoms with Crippen LogP contribution in [0.2, 0.25) is 0 Å². The first-order valence-electron chi connectivity index (χ1n) is 7.79. The van der Waals surface area contributed by atoms with Gasteiger partial charge in [0.15, 0.2) is 11.5 Å². The Morgan fingerprint density at radius 3 is 2.77 bits per heavy atom. The summed E-state index contributed by atoms with van der Waals surface area (Å²) in [6, 6.07) is 11.9. The molecule has 8 nitrogen and oxygen atoms in total. The van der Waals surface area contributed by atoms with E-state index in [4.69, 9.17) is 13.9 Å². The first-order valence-corrected chi connectivity index (χ1v) is 8.77. The van der Waals surface area contributed by atoms with Crippen LogP contribution in [0.3, 0.4) is 0 Å². The summed E-state index contributed by atoms with van der Waals surface area (Å²) in [7, 11) is 0. The molecule has 3 aromatic rings. The molecule has 0 N–H and O–H groups in total. The van der Waals surface area contributed by atoms with Crippen LogP contribution in [-0.4, -0.2) is 28.3 Å². The van der Waals surface area contributed by atoms with Gasteiger partial charge in [0.1, 0.15) is 13.2 Å². The van der Waals surface area contributed by atoms with E-state index in [-0.39, 0.29) is 5.69 Å². The first kappa shape index (κ1) is 16.4. The molecule has 1 aliphatic heterocycles. The van der Waals surface area contributed by atoms with Gasteiger partial charge in [-0.25, -0.2) is 0 Å². The fourth-order valence-corrected chi connectivity index (χ4v) is 3.17. The molecule has 4 rings (SSSR count). The minimum absolute atomic E-state index is 0.0607. The van der Waals surface area contributed by atoms with Gasteiger partial charge in [0.2, 0.25) is 5.89 Å². The van der Waals surface area contributed by atoms with Gasteiger partial charge >= 0.3 is 0 Å². The van der Waals surface area contributed by atoms with Crippen molar-refractivity contribution in [2.75, 3.05) is 13.2 Å². The Hall–Kier alpha value is -3.07. The molecule has 0 spiro atoms. The van der Waals surface area contributed by atoms with E-state index in [0.717, 1.165) is 11.1 Å². The van der Waals surface area contributed by atoms with Crippen molar-refractivity contribution in [1.82, 2.24) is 10.2 Å². The summed E-state index contributed by atoms with van der Waals surface area (Å²) >= 11 is 1.32. The van der Waals surface area contributed by atoms with E-state index in [0.29, 0.717) is 41.6 Å². The van der Waals surface area contributed by atoms with Crippen LogP contribution in [0, 0.1) is 10.1 Å². The summed E-state index contributed by atoms with van der Waals surface area (Å²) < 4.78 is 16.7. The number of nitrogens with zero attached hydrogens (tertiary/aromatic N) is 3. The first-order chi connectivity index (χ1) is 12.7. The zero-order chi connectivity index (χ0) is 17.9. The number of thioether (sulfide) groups is 1. The third-order valence-corrected chi connectivity index (χ3v) is 4.57. The normalized spacial score (nSPS) is 12.8. The summed E-state index contributed by atoms with van der Waals surface area (Å²) in [5.74, 6) is 2.21. The van der Waals surface area contributed by atoms with E-state index in [1.165, 1.54) is 23.9 Å². The maximum Gasteiger partial charge on any atom is 0.277 e. The Bertz CT molecular complexity index is 959. The van der Waals surface area contributed by atoms with E-state index < -0.39 is 4.92 Å². The molecule has 0 atom stereocenters. The lowest BCUT2D eigenvalue weighted by Crippen LogP contribution is -2.15. The summed E-state index contributed by atoms with van der Waals surface area (Å²) in [5, 5.41) is 19.3. The van der Waals surface area contributed by atoms with Crippen LogP contribution in [0.1, 0.15) is 5.56 Å². The number of ether oxygens (including phenoxy) is 2. The zero-order valence-corrected chi connectivity index (χ0v) is 14.3. The molecule has 0 radical (unpaired) electrons. The highest BCUT2D eigenvalue weighted by Gasteiger charge is 2.16. The molecule has 1 aliphatic rings. The van der Waals surface area contributed by atoms with Gasteiger partial charge in [0.05, 0.1) is 4.92 Å². The molecule has 132 valence electrons. The number of benzene rings is 2. The van der Waals surface area contributed by atoms with Crippen molar-refractivity contribution >= 4 is 17.4 Å². The highest BCUT2D eigenvalue weighted by Crippen LogP contribution is 2.35. The van der Waals surface area contributed by atoms with Crippen LogP contribution < -0.4 is 9.47 Å². The average molecular weight is 371 g/mol. The molecule has 0 aliphatic carbocycles. The Morgan fingerprint density at radius 2 is 1.92 bits per heavy atom. The average Bonchev–Trinajstić information content (AvgIpc) is 3.15. The van der Waals surface area contributed by atoms with Crippen molar-refractivity contribution in [3.63, 3.8) is 0 Å². The number of non-ortho nitro benzene ring substituents is 1. The third kappa shape index (κ3) is 3.47. The quantitative estimate of drug-likeness (QED) is 0.380. The van der Waals surface area contributed by atoms with E-state index in [2.05, 4.69) is 10.2 Å². The summed E-state index contributed by atoms with van der Waals surface area (Å²) in [5.41, 5.74) is 1.61. The van der Waals surface area contributed by atoms with Crippen molar-refractivity contribution in [2.45, 2.75) is 11.0 Å². The SMILES string of the molecule is O=[N+]([O-])c1cccc(CSc2nnc(-c3ccc4c(c3)OCCO4)o2)c1. The Labute approximate surface area is 152 Å². The molecule has 1 aromatic heterocycles.